The smallest absolute Gasteiger partial charge is 0.329 e. The van der Waals surface area contributed by atoms with Gasteiger partial charge in [0.1, 0.15) is 11.3 Å². The highest BCUT2D eigenvalue weighted by molar-refractivity contribution is 5.83. The van der Waals surface area contributed by atoms with Crippen LogP contribution in [0.25, 0.3) is 11.1 Å². The molecule has 6 nitrogen and oxygen atoms in total. The van der Waals surface area contributed by atoms with E-state index in [2.05, 4.69) is 43.4 Å². The highest BCUT2D eigenvalue weighted by Crippen LogP contribution is 2.37. The van der Waals surface area contributed by atoms with Crippen LogP contribution in [0.2, 0.25) is 0 Å². The van der Waals surface area contributed by atoms with E-state index in [0.717, 1.165) is 53.8 Å². The SMILES string of the molecule is Cc1cc(-c2ccc(NC3(C(=O)O)CCOCC3)cc2COC2CC2)cc(OC2CC2)c1C. The normalized spacial score (nSPS) is 19.8. The number of aryl methyl sites for hydroxylation is 1. The summed E-state index contributed by atoms with van der Waals surface area (Å²) in [6.45, 7) is 5.63. The predicted octanol–water partition coefficient (Wildman–Crippen LogP) is 5.24. The van der Waals surface area contributed by atoms with Gasteiger partial charge in [0.2, 0.25) is 0 Å². The van der Waals surface area contributed by atoms with Crippen LogP contribution >= 0.6 is 0 Å². The van der Waals surface area contributed by atoms with Crippen molar-refractivity contribution in [1.29, 1.82) is 0 Å². The summed E-state index contributed by atoms with van der Waals surface area (Å²) in [5.74, 6) is 0.123. The van der Waals surface area contributed by atoms with E-state index in [-0.39, 0.29) is 0 Å². The molecule has 1 heterocycles. The highest BCUT2D eigenvalue weighted by Gasteiger charge is 2.40. The quantitative estimate of drug-likeness (QED) is 0.543. The Morgan fingerprint density at radius 2 is 1.82 bits per heavy atom. The van der Waals surface area contributed by atoms with Crippen LogP contribution < -0.4 is 10.1 Å². The maximum Gasteiger partial charge on any atom is 0.329 e. The topological polar surface area (TPSA) is 77.0 Å². The first kappa shape index (κ1) is 22.2. The lowest BCUT2D eigenvalue weighted by Crippen LogP contribution is -2.50. The van der Waals surface area contributed by atoms with Gasteiger partial charge in [-0.1, -0.05) is 12.1 Å². The fourth-order valence-electron chi connectivity index (χ4n) is 4.37. The van der Waals surface area contributed by atoms with E-state index >= 15 is 0 Å². The zero-order valence-electron chi connectivity index (χ0n) is 19.5. The molecule has 2 N–H and O–H groups in total. The van der Waals surface area contributed by atoms with E-state index in [1.807, 2.05) is 6.07 Å². The van der Waals surface area contributed by atoms with E-state index in [9.17, 15) is 9.90 Å². The van der Waals surface area contributed by atoms with Crippen molar-refractivity contribution in [3.63, 3.8) is 0 Å². The first-order valence-electron chi connectivity index (χ1n) is 12.1. The van der Waals surface area contributed by atoms with Crippen molar-refractivity contribution in [3.8, 4) is 16.9 Å². The van der Waals surface area contributed by atoms with Gasteiger partial charge in [-0.2, -0.15) is 0 Å². The average molecular weight is 452 g/mol. The number of ether oxygens (including phenoxy) is 3. The van der Waals surface area contributed by atoms with Crippen molar-refractivity contribution < 1.29 is 24.1 Å². The lowest BCUT2D eigenvalue weighted by atomic mass is 9.89. The molecule has 2 saturated carbocycles. The van der Waals surface area contributed by atoms with Gasteiger partial charge in [0.05, 0.1) is 18.8 Å². The lowest BCUT2D eigenvalue weighted by molar-refractivity contribution is -0.145. The molecule has 1 saturated heterocycles. The molecule has 0 amide bonds. The molecule has 0 unspecified atom stereocenters. The second-order valence-corrected chi connectivity index (χ2v) is 9.74. The Morgan fingerprint density at radius 1 is 1.09 bits per heavy atom. The van der Waals surface area contributed by atoms with Crippen LogP contribution in [-0.4, -0.2) is 42.0 Å². The summed E-state index contributed by atoms with van der Waals surface area (Å²) in [6, 6.07) is 10.4. The summed E-state index contributed by atoms with van der Waals surface area (Å²) in [5, 5.41) is 13.3. The third-order valence-corrected chi connectivity index (χ3v) is 6.99. The summed E-state index contributed by atoms with van der Waals surface area (Å²) in [6.07, 6.45) is 6.03. The minimum atomic E-state index is -1.000. The van der Waals surface area contributed by atoms with Gasteiger partial charge in [-0.05, 0) is 85.5 Å². The van der Waals surface area contributed by atoms with Gasteiger partial charge in [0.25, 0.3) is 0 Å². The zero-order chi connectivity index (χ0) is 23.0. The molecule has 176 valence electrons. The third kappa shape index (κ3) is 5.02. The van der Waals surface area contributed by atoms with Crippen molar-refractivity contribution in [1.82, 2.24) is 0 Å². The Balaban J connectivity index is 1.48. The van der Waals surface area contributed by atoms with Crippen LogP contribution in [0.4, 0.5) is 5.69 Å². The minimum Gasteiger partial charge on any atom is -0.490 e. The molecule has 0 bridgehead atoms. The second-order valence-electron chi connectivity index (χ2n) is 9.74. The molecular weight excluding hydrogens is 418 g/mol. The molecule has 2 aliphatic carbocycles. The van der Waals surface area contributed by atoms with E-state index in [0.29, 0.717) is 44.9 Å². The largest absolute Gasteiger partial charge is 0.490 e. The van der Waals surface area contributed by atoms with Gasteiger partial charge in [-0.25, -0.2) is 4.79 Å². The summed E-state index contributed by atoms with van der Waals surface area (Å²) in [7, 11) is 0. The van der Waals surface area contributed by atoms with Gasteiger partial charge < -0.3 is 24.6 Å². The number of aliphatic carboxylic acids is 1. The molecule has 0 radical (unpaired) electrons. The molecule has 0 atom stereocenters. The molecule has 0 aromatic heterocycles. The maximum atomic E-state index is 12.1. The van der Waals surface area contributed by atoms with Crippen LogP contribution in [0.5, 0.6) is 5.75 Å². The molecular formula is C27H33NO5. The van der Waals surface area contributed by atoms with E-state index in [1.54, 1.807) is 0 Å². The molecule has 5 rings (SSSR count). The molecule has 2 aromatic carbocycles. The van der Waals surface area contributed by atoms with Crippen LogP contribution in [0.15, 0.2) is 30.3 Å². The molecule has 33 heavy (non-hydrogen) atoms. The van der Waals surface area contributed by atoms with Crippen molar-refractivity contribution in [3.05, 3.63) is 47.0 Å². The number of benzene rings is 2. The van der Waals surface area contributed by atoms with E-state index < -0.39 is 11.5 Å². The standard InChI is InChI=1S/C27H33NO5/c1-17-13-19(15-25(18(17)2)33-23-6-7-23)24-8-3-21(14-20(24)16-32-22-4-5-22)28-27(26(29)30)9-11-31-12-10-27/h3,8,13-15,22-23,28H,4-7,9-12,16H2,1-2H3,(H,29,30). The van der Waals surface area contributed by atoms with Crippen molar-refractivity contribution in [2.75, 3.05) is 18.5 Å². The molecule has 3 aliphatic rings. The Hall–Kier alpha value is -2.57. The first-order chi connectivity index (χ1) is 15.9. The van der Waals surface area contributed by atoms with Gasteiger partial charge in [0.15, 0.2) is 0 Å². The molecule has 2 aromatic rings. The van der Waals surface area contributed by atoms with Crippen molar-refractivity contribution >= 4 is 11.7 Å². The monoisotopic (exact) mass is 451 g/mol. The summed E-state index contributed by atoms with van der Waals surface area (Å²) in [5.41, 5.74) is 5.44. The number of anilines is 1. The summed E-state index contributed by atoms with van der Waals surface area (Å²) < 4.78 is 17.7. The number of hydrogen-bond donors (Lipinski definition) is 2. The predicted molar refractivity (Wildman–Crippen MR) is 127 cm³/mol. The Morgan fingerprint density at radius 3 is 2.48 bits per heavy atom. The first-order valence-corrected chi connectivity index (χ1v) is 12.1. The molecule has 1 aliphatic heterocycles. The third-order valence-electron chi connectivity index (χ3n) is 6.99. The second kappa shape index (κ2) is 8.99. The van der Waals surface area contributed by atoms with Crippen molar-refractivity contribution in [2.24, 2.45) is 0 Å². The summed E-state index contributed by atoms with van der Waals surface area (Å²) in [4.78, 5) is 12.1. The van der Waals surface area contributed by atoms with Crippen LogP contribution in [-0.2, 0) is 20.9 Å². The van der Waals surface area contributed by atoms with E-state index in [4.69, 9.17) is 14.2 Å². The minimum absolute atomic E-state index is 0.337. The summed E-state index contributed by atoms with van der Waals surface area (Å²) >= 11 is 0. The number of hydrogen-bond acceptors (Lipinski definition) is 5. The Labute approximate surface area is 195 Å². The van der Waals surface area contributed by atoms with Crippen LogP contribution in [0.3, 0.4) is 0 Å². The van der Waals surface area contributed by atoms with Gasteiger partial charge >= 0.3 is 5.97 Å². The Bertz CT molecular complexity index is 1040. The van der Waals surface area contributed by atoms with E-state index in [1.165, 1.54) is 11.1 Å². The maximum absolute atomic E-state index is 12.1. The number of carbonyl (C=O) groups is 1. The number of rotatable bonds is 9. The fraction of sp³-hybridized carbons (Fsp3) is 0.519. The van der Waals surface area contributed by atoms with Crippen LogP contribution in [0, 0.1) is 13.8 Å². The number of nitrogens with one attached hydrogen (secondary N) is 1. The zero-order valence-corrected chi connectivity index (χ0v) is 19.5. The number of carboxylic acid groups (broad SMARTS) is 1. The average Bonchev–Trinajstić information content (AvgIpc) is 3.72. The van der Waals surface area contributed by atoms with Gasteiger partial charge in [-0.3, -0.25) is 0 Å². The van der Waals surface area contributed by atoms with Gasteiger partial charge in [0, 0.05) is 31.7 Å². The van der Waals surface area contributed by atoms with Crippen molar-refractivity contribution in [2.45, 2.75) is 76.7 Å². The molecule has 0 spiro atoms. The molecule has 6 heteroatoms. The lowest BCUT2D eigenvalue weighted by Gasteiger charge is -2.35. The number of carboxylic acids is 1. The van der Waals surface area contributed by atoms with Crippen LogP contribution in [0.1, 0.15) is 55.2 Å². The Kier molecular flexibility index (Phi) is 6.06. The molecule has 3 fully saturated rings. The fourth-order valence-corrected chi connectivity index (χ4v) is 4.37. The van der Waals surface area contributed by atoms with Gasteiger partial charge in [-0.15, -0.1) is 0 Å². The highest BCUT2D eigenvalue weighted by atomic mass is 16.5.